The quantitative estimate of drug-likeness (QED) is 0.620. The molecule has 0 fully saturated rings. The van der Waals surface area contributed by atoms with Gasteiger partial charge in [-0.3, -0.25) is 4.99 Å². The van der Waals surface area contributed by atoms with Crippen molar-refractivity contribution < 1.29 is 4.79 Å². The smallest absolute Gasteiger partial charge is 0.130 e. The van der Waals surface area contributed by atoms with Crippen molar-refractivity contribution in [2.24, 2.45) is 4.99 Å². The highest BCUT2D eigenvalue weighted by molar-refractivity contribution is 5.75. The zero-order chi connectivity index (χ0) is 13.8. The first kappa shape index (κ1) is 16.0. The van der Waals surface area contributed by atoms with Gasteiger partial charge in [0, 0.05) is 24.5 Å². The zero-order valence-corrected chi connectivity index (χ0v) is 11.1. The maximum absolute atomic E-state index is 10.6. The normalized spacial score (nSPS) is 10.2. The van der Waals surface area contributed by atoms with Gasteiger partial charge >= 0.3 is 0 Å². The van der Waals surface area contributed by atoms with E-state index < -0.39 is 0 Å². The molecule has 1 rings (SSSR count). The standard InChI is InChI=1S/C9H13NO.C5H8N2/c1-4-9(7-10-3)6-5-8(2)11;1-2-5-3-6-4-7-5/h4,7H,1,3,5-6H2,2H3;3-4H,2H2,1H3,(H,6,7)/b9-7+;. The highest BCUT2D eigenvalue weighted by Crippen LogP contribution is 2.06. The first-order valence-electron chi connectivity index (χ1n) is 5.88. The van der Waals surface area contributed by atoms with Crippen molar-refractivity contribution in [2.45, 2.75) is 33.1 Å². The molecule has 1 N–H and O–H groups in total. The molecule has 0 saturated carbocycles. The van der Waals surface area contributed by atoms with Crippen LogP contribution in [0.4, 0.5) is 0 Å². The van der Waals surface area contributed by atoms with Gasteiger partial charge in [0.1, 0.15) is 5.78 Å². The lowest BCUT2D eigenvalue weighted by Crippen LogP contribution is -1.89. The minimum atomic E-state index is 0.182. The van der Waals surface area contributed by atoms with E-state index in [1.54, 1.807) is 25.5 Å². The van der Waals surface area contributed by atoms with Crippen LogP contribution >= 0.6 is 0 Å². The average Bonchev–Trinajstić information content (AvgIpc) is 2.88. The molecular formula is C14H21N3O. The third-order valence-corrected chi connectivity index (χ3v) is 2.22. The van der Waals surface area contributed by atoms with E-state index in [-0.39, 0.29) is 5.78 Å². The predicted molar refractivity (Wildman–Crippen MR) is 75.7 cm³/mol. The molecule has 0 aliphatic heterocycles. The van der Waals surface area contributed by atoms with Crippen LogP contribution in [0.25, 0.3) is 0 Å². The number of carbonyl (C=O) groups is 1. The van der Waals surface area contributed by atoms with Crippen LogP contribution in [0, 0.1) is 0 Å². The van der Waals surface area contributed by atoms with Crippen molar-refractivity contribution in [3.05, 3.63) is 42.6 Å². The van der Waals surface area contributed by atoms with Crippen LogP contribution in [0.1, 0.15) is 32.4 Å². The summed E-state index contributed by atoms with van der Waals surface area (Å²) in [5.74, 6) is 0.182. The van der Waals surface area contributed by atoms with Gasteiger partial charge in [-0.1, -0.05) is 19.6 Å². The lowest BCUT2D eigenvalue weighted by Gasteiger charge is -1.95. The number of hydrogen-bond acceptors (Lipinski definition) is 3. The number of aromatic amines is 1. The van der Waals surface area contributed by atoms with Gasteiger partial charge in [0.25, 0.3) is 0 Å². The van der Waals surface area contributed by atoms with Crippen molar-refractivity contribution in [1.29, 1.82) is 0 Å². The van der Waals surface area contributed by atoms with Gasteiger partial charge in [-0.15, -0.1) is 0 Å². The molecule has 0 saturated heterocycles. The molecule has 0 atom stereocenters. The Morgan fingerprint density at radius 1 is 1.56 bits per heavy atom. The number of rotatable bonds is 6. The number of allylic oxidation sites excluding steroid dienone is 2. The van der Waals surface area contributed by atoms with Gasteiger partial charge in [0.05, 0.1) is 6.33 Å². The Morgan fingerprint density at radius 2 is 2.28 bits per heavy atom. The van der Waals surface area contributed by atoms with Crippen LogP contribution in [-0.4, -0.2) is 22.5 Å². The fraction of sp³-hybridized carbons (Fsp3) is 0.357. The summed E-state index contributed by atoms with van der Waals surface area (Å²) in [6.07, 6.45) is 9.14. The van der Waals surface area contributed by atoms with E-state index >= 15 is 0 Å². The fourth-order valence-electron chi connectivity index (χ4n) is 1.13. The van der Waals surface area contributed by atoms with Crippen LogP contribution in [0.15, 0.2) is 41.9 Å². The van der Waals surface area contributed by atoms with Gasteiger partial charge in [-0.25, -0.2) is 4.98 Å². The minimum Gasteiger partial charge on any atom is -0.349 e. The summed E-state index contributed by atoms with van der Waals surface area (Å²) >= 11 is 0. The van der Waals surface area contributed by atoms with Gasteiger partial charge in [-0.05, 0) is 32.1 Å². The number of ketones is 1. The minimum absolute atomic E-state index is 0.182. The number of Topliss-reactive ketones (excluding diaryl/α,β-unsaturated/α-hetero) is 1. The number of nitrogens with zero attached hydrogens (tertiary/aromatic N) is 2. The lowest BCUT2D eigenvalue weighted by molar-refractivity contribution is -0.116. The Bertz CT molecular complexity index is 391. The second-order valence-electron chi connectivity index (χ2n) is 3.72. The number of nitrogens with one attached hydrogen (secondary N) is 1. The van der Waals surface area contributed by atoms with Crippen molar-refractivity contribution in [3.8, 4) is 0 Å². The maximum atomic E-state index is 10.6. The third-order valence-electron chi connectivity index (χ3n) is 2.22. The number of aliphatic imine (C=N–C) groups is 1. The number of imidazole rings is 1. The number of H-pyrrole nitrogens is 1. The van der Waals surface area contributed by atoms with Crippen molar-refractivity contribution in [3.63, 3.8) is 0 Å². The van der Waals surface area contributed by atoms with E-state index in [2.05, 4.69) is 35.2 Å². The Morgan fingerprint density at radius 3 is 2.61 bits per heavy atom. The first-order chi connectivity index (χ1) is 8.63. The summed E-state index contributed by atoms with van der Waals surface area (Å²) in [4.78, 5) is 21.0. The molecule has 1 heterocycles. The van der Waals surface area contributed by atoms with E-state index in [1.807, 2.05) is 6.20 Å². The van der Waals surface area contributed by atoms with Gasteiger partial charge in [0.2, 0.25) is 0 Å². The molecule has 0 aromatic carbocycles. The molecule has 0 amide bonds. The van der Waals surface area contributed by atoms with Crippen molar-refractivity contribution in [2.75, 3.05) is 0 Å². The summed E-state index contributed by atoms with van der Waals surface area (Å²) in [7, 11) is 0. The molecule has 0 aliphatic carbocycles. The van der Waals surface area contributed by atoms with Crippen molar-refractivity contribution in [1.82, 2.24) is 9.97 Å². The molecule has 98 valence electrons. The zero-order valence-electron chi connectivity index (χ0n) is 11.1. The van der Waals surface area contributed by atoms with E-state index in [4.69, 9.17) is 0 Å². The second-order valence-corrected chi connectivity index (χ2v) is 3.72. The summed E-state index contributed by atoms with van der Waals surface area (Å²) < 4.78 is 0. The van der Waals surface area contributed by atoms with Crippen molar-refractivity contribution >= 4 is 12.5 Å². The first-order valence-corrected chi connectivity index (χ1v) is 5.88. The number of aromatic nitrogens is 2. The van der Waals surface area contributed by atoms with Gasteiger partial charge in [0.15, 0.2) is 0 Å². The van der Waals surface area contributed by atoms with Crippen LogP contribution < -0.4 is 0 Å². The summed E-state index contributed by atoms with van der Waals surface area (Å²) in [5, 5.41) is 0. The van der Waals surface area contributed by atoms with E-state index in [0.29, 0.717) is 12.8 Å². The fourth-order valence-corrected chi connectivity index (χ4v) is 1.13. The van der Waals surface area contributed by atoms with E-state index in [0.717, 1.165) is 12.0 Å². The summed E-state index contributed by atoms with van der Waals surface area (Å²) in [6.45, 7) is 10.6. The predicted octanol–water partition coefficient (Wildman–Crippen LogP) is 3.10. The van der Waals surface area contributed by atoms with E-state index in [9.17, 15) is 4.79 Å². The summed E-state index contributed by atoms with van der Waals surface area (Å²) in [6, 6.07) is 0. The maximum Gasteiger partial charge on any atom is 0.130 e. The van der Waals surface area contributed by atoms with Gasteiger partial charge < -0.3 is 9.78 Å². The second kappa shape index (κ2) is 10.2. The Hall–Kier alpha value is -1.97. The molecule has 4 heteroatoms. The third kappa shape index (κ3) is 8.21. The Labute approximate surface area is 109 Å². The number of hydrogen-bond donors (Lipinski definition) is 1. The highest BCUT2D eigenvalue weighted by atomic mass is 16.1. The average molecular weight is 247 g/mol. The lowest BCUT2D eigenvalue weighted by atomic mass is 10.1. The van der Waals surface area contributed by atoms with Crippen LogP contribution in [-0.2, 0) is 11.2 Å². The Balaban J connectivity index is 0.000000351. The van der Waals surface area contributed by atoms with Crippen LogP contribution in [0.5, 0.6) is 0 Å². The molecular weight excluding hydrogens is 226 g/mol. The SMILES string of the molecule is C=C/C(=C\N=C)CCC(C)=O.CCc1cnc[nH]1. The largest absolute Gasteiger partial charge is 0.349 e. The number of aryl methyl sites for hydroxylation is 1. The monoisotopic (exact) mass is 247 g/mol. The van der Waals surface area contributed by atoms with Crippen LogP contribution in [0.2, 0.25) is 0 Å². The molecule has 0 bridgehead atoms. The topological polar surface area (TPSA) is 58.1 Å². The molecule has 0 spiro atoms. The van der Waals surface area contributed by atoms with E-state index in [1.165, 1.54) is 5.69 Å². The highest BCUT2D eigenvalue weighted by Gasteiger charge is 1.95. The van der Waals surface area contributed by atoms with Crippen LogP contribution in [0.3, 0.4) is 0 Å². The molecule has 18 heavy (non-hydrogen) atoms. The molecule has 4 nitrogen and oxygen atoms in total. The molecule has 1 aromatic heterocycles. The molecule has 0 aliphatic rings. The van der Waals surface area contributed by atoms with Gasteiger partial charge in [-0.2, -0.15) is 0 Å². The summed E-state index contributed by atoms with van der Waals surface area (Å²) in [5.41, 5.74) is 2.15. The Kier molecular flexibility index (Phi) is 9.08. The molecule has 0 unspecified atom stereocenters. The molecule has 1 aromatic rings. The number of carbonyl (C=O) groups excluding carboxylic acids is 1. The molecule has 0 radical (unpaired) electrons.